The van der Waals surface area contributed by atoms with E-state index in [-0.39, 0.29) is 12.3 Å². The summed E-state index contributed by atoms with van der Waals surface area (Å²) in [5.74, 6) is -1.14. The minimum atomic E-state index is -1.08. The summed E-state index contributed by atoms with van der Waals surface area (Å²) < 4.78 is 0. The van der Waals surface area contributed by atoms with Gasteiger partial charge in [-0.25, -0.2) is 4.79 Å². The van der Waals surface area contributed by atoms with Crippen LogP contribution in [0.25, 0.3) is 0 Å². The van der Waals surface area contributed by atoms with Gasteiger partial charge in [-0.3, -0.25) is 9.59 Å². The molecule has 1 aromatic carbocycles. The summed E-state index contributed by atoms with van der Waals surface area (Å²) in [4.78, 5) is 34.1. The van der Waals surface area contributed by atoms with E-state index in [1.54, 1.807) is 24.3 Å². The molecule has 0 spiro atoms. The van der Waals surface area contributed by atoms with Gasteiger partial charge in [0.15, 0.2) is 5.78 Å². The number of amides is 2. The molecule has 18 heavy (non-hydrogen) atoms. The van der Waals surface area contributed by atoms with E-state index in [4.69, 9.17) is 5.11 Å². The first-order valence-corrected chi connectivity index (χ1v) is 5.25. The van der Waals surface area contributed by atoms with E-state index in [2.05, 4.69) is 5.32 Å². The van der Waals surface area contributed by atoms with E-state index in [1.807, 2.05) is 0 Å². The predicted molar refractivity (Wildman–Crippen MR) is 65.7 cm³/mol. The number of Topliss-reactive ketones (excluding diaryl/α,β-unsaturated/α-hetero) is 1. The second-order valence-electron chi connectivity index (χ2n) is 3.81. The summed E-state index contributed by atoms with van der Waals surface area (Å²) in [7, 11) is 1.38. The van der Waals surface area contributed by atoms with Crippen molar-refractivity contribution in [3.8, 4) is 0 Å². The van der Waals surface area contributed by atoms with Gasteiger partial charge < -0.3 is 15.3 Å². The second-order valence-corrected chi connectivity index (χ2v) is 3.81. The Morgan fingerprint density at radius 2 is 1.78 bits per heavy atom. The van der Waals surface area contributed by atoms with Crippen molar-refractivity contribution in [2.24, 2.45) is 0 Å². The van der Waals surface area contributed by atoms with Gasteiger partial charge in [-0.05, 0) is 31.2 Å². The number of urea groups is 1. The lowest BCUT2D eigenvalue weighted by molar-refractivity contribution is -0.137. The highest BCUT2D eigenvalue weighted by Crippen LogP contribution is 2.10. The van der Waals surface area contributed by atoms with Gasteiger partial charge in [0, 0.05) is 18.3 Å². The van der Waals surface area contributed by atoms with Crippen molar-refractivity contribution in [1.29, 1.82) is 0 Å². The zero-order chi connectivity index (χ0) is 13.7. The molecule has 0 heterocycles. The van der Waals surface area contributed by atoms with Gasteiger partial charge in [0.2, 0.25) is 0 Å². The maximum atomic E-state index is 11.6. The fraction of sp³-hybridized carbons (Fsp3) is 0.250. The lowest BCUT2D eigenvalue weighted by Crippen LogP contribution is -2.35. The smallest absolute Gasteiger partial charge is 0.323 e. The Labute approximate surface area is 104 Å². The third-order valence-electron chi connectivity index (χ3n) is 2.26. The molecule has 0 fully saturated rings. The first-order valence-electron chi connectivity index (χ1n) is 5.25. The molecule has 0 unspecified atom stereocenters. The average molecular weight is 250 g/mol. The van der Waals surface area contributed by atoms with Crippen molar-refractivity contribution >= 4 is 23.5 Å². The molecule has 1 rings (SSSR count). The first-order chi connectivity index (χ1) is 8.40. The van der Waals surface area contributed by atoms with Crippen LogP contribution in [0.3, 0.4) is 0 Å². The van der Waals surface area contributed by atoms with E-state index in [0.29, 0.717) is 11.3 Å². The minimum Gasteiger partial charge on any atom is -0.480 e. The van der Waals surface area contributed by atoms with Crippen molar-refractivity contribution in [2.45, 2.75) is 6.92 Å². The number of carbonyl (C=O) groups excluding carboxylic acids is 2. The van der Waals surface area contributed by atoms with Crippen molar-refractivity contribution in [1.82, 2.24) is 4.90 Å². The third kappa shape index (κ3) is 3.89. The van der Waals surface area contributed by atoms with Crippen LogP contribution in [0.2, 0.25) is 0 Å². The number of benzene rings is 1. The van der Waals surface area contributed by atoms with Crippen LogP contribution < -0.4 is 5.32 Å². The minimum absolute atomic E-state index is 0.0594. The zero-order valence-corrected chi connectivity index (χ0v) is 10.1. The SMILES string of the molecule is CC(=O)c1ccc(NC(=O)N(C)CC(=O)O)cc1. The number of nitrogens with zero attached hydrogens (tertiary/aromatic N) is 1. The Morgan fingerprint density at radius 1 is 1.22 bits per heavy atom. The van der Waals surface area contributed by atoms with Gasteiger partial charge in [-0.1, -0.05) is 0 Å². The number of hydrogen-bond donors (Lipinski definition) is 2. The van der Waals surface area contributed by atoms with Gasteiger partial charge in [-0.15, -0.1) is 0 Å². The molecule has 0 saturated carbocycles. The first kappa shape index (κ1) is 13.7. The molecule has 0 atom stereocenters. The summed E-state index contributed by atoms with van der Waals surface area (Å²) in [5, 5.41) is 11.1. The number of ketones is 1. The van der Waals surface area contributed by atoms with Gasteiger partial charge in [0.05, 0.1) is 0 Å². The average Bonchev–Trinajstić information content (AvgIpc) is 2.28. The predicted octanol–water partition coefficient (Wildman–Crippen LogP) is 1.44. The van der Waals surface area contributed by atoms with Crippen molar-refractivity contribution in [2.75, 3.05) is 18.9 Å². The van der Waals surface area contributed by atoms with Crippen LogP contribution in [0.4, 0.5) is 10.5 Å². The Hall–Kier alpha value is -2.37. The van der Waals surface area contributed by atoms with Gasteiger partial charge in [0.25, 0.3) is 0 Å². The number of anilines is 1. The van der Waals surface area contributed by atoms with E-state index in [0.717, 1.165) is 4.90 Å². The molecule has 0 aliphatic rings. The molecular weight excluding hydrogens is 236 g/mol. The molecule has 6 nitrogen and oxygen atoms in total. The van der Waals surface area contributed by atoms with E-state index < -0.39 is 12.0 Å². The number of likely N-dealkylation sites (N-methyl/N-ethyl adjacent to an activating group) is 1. The number of carboxylic acid groups (broad SMARTS) is 1. The lowest BCUT2D eigenvalue weighted by atomic mass is 10.1. The van der Waals surface area contributed by atoms with Crippen LogP contribution >= 0.6 is 0 Å². The van der Waals surface area contributed by atoms with Gasteiger partial charge >= 0.3 is 12.0 Å². The molecular formula is C12H14N2O4. The topological polar surface area (TPSA) is 86.7 Å². The quantitative estimate of drug-likeness (QED) is 0.791. The monoisotopic (exact) mass is 250 g/mol. The summed E-state index contributed by atoms with van der Waals surface area (Å²) in [6, 6.07) is 5.84. The molecule has 0 aliphatic carbocycles. The fourth-order valence-corrected chi connectivity index (χ4v) is 1.28. The van der Waals surface area contributed by atoms with Crippen molar-refractivity contribution in [3.05, 3.63) is 29.8 Å². The summed E-state index contributed by atoms with van der Waals surface area (Å²) in [5.41, 5.74) is 1.05. The van der Waals surface area contributed by atoms with Crippen LogP contribution in [0.1, 0.15) is 17.3 Å². The highest BCUT2D eigenvalue weighted by molar-refractivity contribution is 5.95. The summed E-state index contributed by atoms with van der Waals surface area (Å²) >= 11 is 0. The van der Waals surface area contributed by atoms with Crippen LogP contribution in [0, 0.1) is 0 Å². The van der Waals surface area contributed by atoms with E-state index in [1.165, 1.54) is 14.0 Å². The molecule has 0 aromatic heterocycles. The number of hydrogen-bond acceptors (Lipinski definition) is 3. The van der Waals surface area contributed by atoms with Gasteiger partial charge in [0.1, 0.15) is 6.54 Å². The standard InChI is InChI=1S/C12H14N2O4/c1-8(15)9-3-5-10(6-4-9)13-12(18)14(2)7-11(16)17/h3-6H,7H2,1-2H3,(H,13,18)(H,16,17). The van der Waals surface area contributed by atoms with Crippen LogP contribution in [0.5, 0.6) is 0 Å². The van der Waals surface area contributed by atoms with Crippen molar-refractivity contribution < 1.29 is 19.5 Å². The number of aliphatic carboxylic acids is 1. The summed E-state index contributed by atoms with van der Waals surface area (Å²) in [6.45, 7) is 1.07. The number of nitrogens with one attached hydrogen (secondary N) is 1. The molecule has 96 valence electrons. The number of carboxylic acids is 1. The molecule has 0 saturated heterocycles. The summed E-state index contributed by atoms with van der Waals surface area (Å²) in [6.07, 6.45) is 0. The maximum absolute atomic E-state index is 11.6. The van der Waals surface area contributed by atoms with Gasteiger partial charge in [-0.2, -0.15) is 0 Å². The number of carbonyl (C=O) groups is 3. The normalized spacial score (nSPS) is 9.67. The maximum Gasteiger partial charge on any atom is 0.323 e. The van der Waals surface area contributed by atoms with Crippen molar-refractivity contribution in [3.63, 3.8) is 0 Å². The molecule has 2 amide bonds. The van der Waals surface area contributed by atoms with Crippen LogP contribution in [-0.2, 0) is 4.79 Å². The molecule has 1 aromatic rings. The second kappa shape index (κ2) is 5.81. The number of rotatable bonds is 4. The zero-order valence-electron chi connectivity index (χ0n) is 10.1. The lowest BCUT2D eigenvalue weighted by Gasteiger charge is -2.15. The molecule has 0 aliphatic heterocycles. The van der Waals surface area contributed by atoms with Crippen LogP contribution in [-0.4, -0.2) is 41.4 Å². The Morgan fingerprint density at radius 3 is 2.22 bits per heavy atom. The fourth-order valence-electron chi connectivity index (χ4n) is 1.28. The molecule has 0 bridgehead atoms. The molecule has 2 N–H and O–H groups in total. The Kier molecular flexibility index (Phi) is 4.42. The Bertz CT molecular complexity index is 467. The van der Waals surface area contributed by atoms with E-state index in [9.17, 15) is 14.4 Å². The highest BCUT2D eigenvalue weighted by Gasteiger charge is 2.11. The molecule has 0 radical (unpaired) electrons. The largest absolute Gasteiger partial charge is 0.480 e. The Balaban J connectivity index is 2.64. The van der Waals surface area contributed by atoms with Crippen LogP contribution in [0.15, 0.2) is 24.3 Å². The highest BCUT2D eigenvalue weighted by atomic mass is 16.4. The van der Waals surface area contributed by atoms with E-state index >= 15 is 0 Å². The molecule has 6 heteroatoms. The third-order valence-corrected chi connectivity index (χ3v) is 2.26.